The molecular weight excluding hydrogens is 248 g/mol. The molecule has 1 aromatic carbocycles. The molecule has 0 aliphatic heterocycles. The zero-order valence-electron chi connectivity index (χ0n) is 11.3. The van der Waals surface area contributed by atoms with E-state index in [4.69, 9.17) is 4.18 Å². The molecule has 0 aliphatic rings. The SMILES string of the molecule is C/C(=C\S(=O)(=O)OCC(C)(C)C)c1ccccc1. The van der Waals surface area contributed by atoms with Crippen molar-refractivity contribution in [3.05, 3.63) is 41.3 Å². The quantitative estimate of drug-likeness (QED) is 0.786. The van der Waals surface area contributed by atoms with Crippen LogP contribution in [0.3, 0.4) is 0 Å². The van der Waals surface area contributed by atoms with Crippen LogP contribution in [0.25, 0.3) is 5.57 Å². The van der Waals surface area contributed by atoms with E-state index in [0.717, 1.165) is 5.56 Å². The van der Waals surface area contributed by atoms with Crippen LogP contribution in [0.5, 0.6) is 0 Å². The zero-order chi connectivity index (χ0) is 13.8. The molecule has 4 heteroatoms. The number of hydrogen-bond acceptors (Lipinski definition) is 3. The highest BCUT2D eigenvalue weighted by atomic mass is 32.2. The molecule has 1 aromatic rings. The van der Waals surface area contributed by atoms with Gasteiger partial charge in [-0.2, -0.15) is 8.42 Å². The fourth-order valence-electron chi connectivity index (χ4n) is 1.28. The van der Waals surface area contributed by atoms with Crippen LogP contribution in [0, 0.1) is 5.41 Å². The lowest BCUT2D eigenvalue weighted by molar-refractivity contribution is 0.206. The van der Waals surface area contributed by atoms with Gasteiger partial charge in [-0.3, -0.25) is 4.18 Å². The average Bonchev–Trinajstić information content (AvgIpc) is 2.26. The number of allylic oxidation sites excluding steroid dienone is 1. The smallest absolute Gasteiger partial charge is 0.266 e. The van der Waals surface area contributed by atoms with E-state index < -0.39 is 10.1 Å². The summed E-state index contributed by atoms with van der Waals surface area (Å²) in [7, 11) is -3.62. The third-order valence-corrected chi connectivity index (χ3v) is 3.30. The summed E-state index contributed by atoms with van der Waals surface area (Å²) in [4.78, 5) is 0. The molecule has 0 fully saturated rings. The minimum Gasteiger partial charge on any atom is -0.266 e. The van der Waals surface area contributed by atoms with Gasteiger partial charge in [-0.05, 0) is 23.5 Å². The van der Waals surface area contributed by atoms with E-state index >= 15 is 0 Å². The van der Waals surface area contributed by atoms with Crippen molar-refractivity contribution in [1.82, 2.24) is 0 Å². The van der Waals surface area contributed by atoms with Crippen LogP contribution >= 0.6 is 0 Å². The van der Waals surface area contributed by atoms with Gasteiger partial charge in [-0.25, -0.2) is 0 Å². The Hall–Kier alpha value is -1.13. The van der Waals surface area contributed by atoms with Crippen molar-refractivity contribution in [1.29, 1.82) is 0 Å². The van der Waals surface area contributed by atoms with Crippen molar-refractivity contribution < 1.29 is 12.6 Å². The van der Waals surface area contributed by atoms with Crippen molar-refractivity contribution in [2.75, 3.05) is 6.61 Å². The first-order valence-corrected chi connectivity index (χ1v) is 7.30. The van der Waals surface area contributed by atoms with Gasteiger partial charge in [0.15, 0.2) is 0 Å². The Balaban J connectivity index is 2.82. The fourth-order valence-corrected chi connectivity index (χ4v) is 2.43. The Morgan fingerprint density at radius 3 is 2.28 bits per heavy atom. The van der Waals surface area contributed by atoms with Gasteiger partial charge in [-0.15, -0.1) is 0 Å². The van der Waals surface area contributed by atoms with Gasteiger partial charge in [0.1, 0.15) is 0 Å². The Morgan fingerprint density at radius 1 is 1.22 bits per heavy atom. The standard InChI is InChI=1S/C14H20O3S/c1-12(13-8-6-5-7-9-13)10-18(15,16)17-11-14(2,3)4/h5-10H,11H2,1-4H3/b12-10+. The summed E-state index contributed by atoms with van der Waals surface area (Å²) in [6.07, 6.45) is 0. The van der Waals surface area contributed by atoms with Gasteiger partial charge in [0.2, 0.25) is 0 Å². The molecule has 0 atom stereocenters. The summed E-state index contributed by atoms with van der Waals surface area (Å²) in [5, 5.41) is 1.17. The monoisotopic (exact) mass is 268 g/mol. The Bertz CT molecular complexity index is 508. The lowest BCUT2D eigenvalue weighted by atomic mass is 9.99. The molecule has 18 heavy (non-hydrogen) atoms. The summed E-state index contributed by atoms with van der Waals surface area (Å²) in [6.45, 7) is 7.71. The molecule has 0 radical (unpaired) electrons. The minimum atomic E-state index is -3.62. The van der Waals surface area contributed by atoms with E-state index in [-0.39, 0.29) is 12.0 Å². The van der Waals surface area contributed by atoms with E-state index in [1.54, 1.807) is 6.92 Å². The molecule has 0 saturated carbocycles. The molecule has 0 unspecified atom stereocenters. The highest BCUT2D eigenvalue weighted by Crippen LogP contribution is 2.18. The summed E-state index contributed by atoms with van der Waals surface area (Å²) in [5.41, 5.74) is 1.37. The van der Waals surface area contributed by atoms with Crippen molar-refractivity contribution >= 4 is 15.7 Å². The second-order valence-electron chi connectivity index (χ2n) is 5.48. The minimum absolute atomic E-state index is 0.175. The molecule has 1 rings (SSSR count). The van der Waals surface area contributed by atoms with Crippen LogP contribution in [0.15, 0.2) is 35.7 Å². The summed E-state index contributed by atoms with van der Waals surface area (Å²) in [6, 6.07) is 9.36. The number of rotatable bonds is 4. The summed E-state index contributed by atoms with van der Waals surface area (Å²) < 4.78 is 28.5. The number of hydrogen-bond donors (Lipinski definition) is 0. The maximum Gasteiger partial charge on any atom is 0.290 e. The van der Waals surface area contributed by atoms with Gasteiger partial charge >= 0.3 is 0 Å². The molecular formula is C14H20O3S. The van der Waals surface area contributed by atoms with Crippen molar-refractivity contribution in [2.45, 2.75) is 27.7 Å². The topological polar surface area (TPSA) is 43.4 Å². The summed E-state index contributed by atoms with van der Waals surface area (Å²) in [5.74, 6) is 0. The number of benzene rings is 1. The first kappa shape index (κ1) is 14.9. The Kier molecular flexibility index (Phi) is 4.71. The van der Waals surface area contributed by atoms with E-state index in [1.165, 1.54) is 5.41 Å². The highest BCUT2D eigenvalue weighted by Gasteiger charge is 2.16. The van der Waals surface area contributed by atoms with Crippen LogP contribution in [-0.2, 0) is 14.3 Å². The van der Waals surface area contributed by atoms with E-state index in [2.05, 4.69) is 0 Å². The molecule has 0 aliphatic carbocycles. The lowest BCUT2D eigenvalue weighted by Gasteiger charge is -2.16. The molecule has 100 valence electrons. The maximum atomic E-state index is 11.8. The van der Waals surface area contributed by atoms with Crippen LogP contribution in [-0.4, -0.2) is 15.0 Å². The van der Waals surface area contributed by atoms with Gasteiger partial charge in [0.25, 0.3) is 10.1 Å². The molecule has 0 amide bonds. The molecule has 0 saturated heterocycles. The van der Waals surface area contributed by atoms with Gasteiger partial charge < -0.3 is 0 Å². The molecule has 0 bridgehead atoms. The highest BCUT2D eigenvalue weighted by molar-refractivity contribution is 7.89. The largest absolute Gasteiger partial charge is 0.290 e. The van der Waals surface area contributed by atoms with Crippen LogP contribution in [0.1, 0.15) is 33.3 Å². The van der Waals surface area contributed by atoms with E-state index in [0.29, 0.717) is 5.57 Å². The molecule has 0 N–H and O–H groups in total. The first-order chi connectivity index (χ1) is 8.20. The van der Waals surface area contributed by atoms with Crippen molar-refractivity contribution in [3.8, 4) is 0 Å². The Morgan fingerprint density at radius 2 is 1.78 bits per heavy atom. The van der Waals surface area contributed by atoms with E-state index in [1.807, 2.05) is 51.1 Å². The molecule has 0 spiro atoms. The van der Waals surface area contributed by atoms with Gasteiger partial charge in [0.05, 0.1) is 12.0 Å². The fraction of sp³-hybridized carbons (Fsp3) is 0.429. The normalized spacial score (nSPS) is 13.7. The van der Waals surface area contributed by atoms with Crippen LogP contribution < -0.4 is 0 Å². The second kappa shape index (κ2) is 5.67. The van der Waals surface area contributed by atoms with Crippen molar-refractivity contribution in [2.24, 2.45) is 5.41 Å². The predicted octanol–water partition coefficient (Wildman–Crippen LogP) is 3.44. The van der Waals surface area contributed by atoms with Crippen LogP contribution in [0.2, 0.25) is 0 Å². The third-order valence-electron chi connectivity index (χ3n) is 2.21. The molecule has 0 aromatic heterocycles. The molecule has 3 nitrogen and oxygen atoms in total. The van der Waals surface area contributed by atoms with Crippen molar-refractivity contribution in [3.63, 3.8) is 0 Å². The van der Waals surface area contributed by atoms with Gasteiger partial charge in [-0.1, -0.05) is 51.1 Å². The predicted molar refractivity (Wildman–Crippen MR) is 74.4 cm³/mol. The first-order valence-electron chi connectivity index (χ1n) is 5.83. The zero-order valence-corrected chi connectivity index (χ0v) is 12.1. The second-order valence-corrected chi connectivity index (χ2v) is 6.94. The van der Waals surface area contributed by atoms with Crippen LogP contribution in [0.4, 0.5) is 0 Å². The Labute approximate surface area is 110 Å². The van der Waals surface area contributed by atoms with E-state index in [9.17, 15) is 8.42 Å². The third kappa shape index (κ3) is 5.47. The summed E-state index contributed by atoms with van der Waals surface area (Å²) >= 11 is 0. The maximum absolute atomic E-state index is 11.8. The lowest BCUT2D eigenvalue weighted by Crippen LogP contribution is -2.17. The molecule has 0 heterocycles. The van der Waals surface area contributed by atoms with Gasteiger partial charge in [0, 0.05) is 0 Å². The average molecular weight is 268 g/mol.